The van der Waals surface area contributed by atoms with Gasteiger partial charge in [-0.25, -0.2) is 18.3 Å². The molecule has 2 heterocycles. The molecule has 0 saturated carbocycles. The number of nitrogens with one attached hydrogen (secondary N) is 1. The number of amides is 1. The second kappa shape index (κ2) is 8.39. The Morgan fingerprint density at radius 2 is 1.97 bits per heavy atom. The number of carbonyl (C=O) groups excluding carboxylic acids is 1. The lowest BCUT2D eigenvalue weighted by Gasteiger charge is -2.21. The van der Waals surface area contributed by atoms with Crippen LogP contribution in [0.5, 0.6) is 0 Å². The van der Waals surface area contributed by atoms with Gasteiger partial charge in [-0.2, -0.15) is 5.10 Å². The van der Waals surface area contributed by atoms with Crippen LogP contribution >= 0.6 is 11.6 Å². The molecule has 4 rings (SSSR count). The molecule has 0 bridgehead atoms. The van der Waals surface area contributed by atoms with Crippen molar-refractivity contribution in [2.75, 3.05) is 0 Å². The summed E-state index contributed by atoms with van der Waals surface area (Å²) >= 11 is 6.07. The van der Waals surface area contributed by atoms with Crippen LogP contribution in [0.3, 0.4) is 0 Å². The van der Waals surface area contributed by atoms with Gasteiger partial charge in [-0.1, -0.05) is 29.8 Å². The van der Waals surface area contributed by atoms with Gasteiger partial charge in [0.15, 0.2) is 0 Å². The molecule has 2 aromatic carbocycles. The molecule has 30 heavy (non-hydrogen) atoms. The van der Waals surface area contributed by atoms with Gasteiger partial charge in [0.05, 0.1) is 12.5 Å². The van der Waals surface area contributed by atoms with Gasteiger partial charge in [0.25, 0.3) is 0 Å². The SMILES string of the molecule is O=C(NCc1ccc(F)cc1)C1CCCn2c1nn(Cc1c(F)cccc1Cl)c2=O. The van der Waals surface area contributed by atoms with E-state index in [1.54, 1.807) is 18.2 Å². The van der Waals surface area contributed by atoms with Crippen LogP contribution in [0.15, 0.2) is 47.3 Å². The fourth-order valence-corrected chi connectivity index (χ4v) is 3.83. The highest BCUT2D eigenvalue weighted by Gasteiger charge is 2.31. The summed E-state index contributed by atoms with van der Waals surface area (Å²) in [5.74, 6) is -1.36. The Kier molecular flexibility index (Phi) is 5.67. The number of benzene rings is 2. The van der Waals surface area contributed by atoms with Gasteiger partial charge in [0.1, 0.15) is 17.5 Å². The molecule has 0 fully saturated rings. The number of halogens is 3. The summed E-state index contributed by atoms with van der Waals surface area (Å²) in [6.45, 7) is 0.570. The number of nitrogens with zero attached hydrogens (tertiary/aromatic N) is 3. The number of aromatic nitrogens is 3. The first-order valence-corrected chi connectivity index (χ1v) is 9.94. The third kappa shape index (κ3) is 4.00. The molecule has 1 amide bonds. The lowest BCUT2D eigenvalue weighted by molar-refractivity contribution is -0.123. The van der Waals surface area contributed by atoms with Crippen molar-refractivity contribution in [3.8, 4) is 0 Å². The van der Waals surface area contributed by atoms with Gasteiger partial charge in [0, 0.05) is 23.7 Å². The highest BCUT2D eigenvalue weighted by atomic mass is 35.5. The fourth-order valence-electron chi connectivity index (χ4n) is 3.61. The van der Waals surface area contributed by atoms with Crippen molar-refractivity contribution in [3.63, 3.8) is 0 Å². The van der Waals surface area contributed by atoms with Crippen LogP contribution in [0.2, 0.25) is 5.02 Å². The van der Waals surface area contributed by atoms with Crippen molar-refractivity contribution in [2.24, 2.45) is 0 Å². The fraction of sp³-hybridized carbons (Fsp3) is 0.286. The average Bonchev–Trinajstić information content (AvgIpc) is 3.06. The highest BCUT2D eigenvalue weighted by Crippen LogP contribution is 2.25. The van der Waals surface area contributed by atoms with E-state index in [-0.39, 0.29) is 35.4 Å². The molecule has 0 saturated heterocycles. The number of hydrogen-bond acceptors (Lipinski definition) is 3. The predicted molar refractivity (Wildman–Crippen MR) is 107 cm³/mol. The lowest BCUT2D eigenvalue weighted by atomic mass is 9.98. The van der Waals surface area contributed by atoms with E-state index in [0.717, 1.165) is 10.2 Å². The van der Waals surface area contributed by atoms with Crippen molar-refractivity contribution in [2.45, 2.75) is 38.4 Å². The third-order valence-electron chi connectivity index (χ3n) is 5.20. The standard InChI is InChI=1S/C21H19ClF2N4O2/c22-17-4-1-5-18(24)16(17)12-28-21(30)27-10-2-3-15(19(27)26-28)20(29)25-11-13-6-8-14(23)9-7-13/h1,4-9,15H,2-3,10-12H2,(H,25,29). The maximum atomic E-state index is 14.1. The molecule has 1 N–H and O–H groups in total. The predicted octanol–water partition coefficient (Wildman–Crippen LogP) is 3.22. The molecule has 6 nitrogen and oxygen atoms in total. The first-order chi connectivity index (χ1) is 14.4. The van der Waals surface area contributed by atoms with E-state index in [1.165, 1.54) is 28.8 Å². The molecule has 0 radical (unpaired) electrons. The summed E-state index contributed by atoms with van der Waals surface area (Å²) < 4.78 is 29.7. The second-order valence-corrected chi connectivity index (χ2v) is 7.60. The van der Waals surface area contributed by atoms with E-state index < -0.39 is 17.4 Å². The zero-order chi connectivity index (χ0) is 21.3. The molecule has 1 aromatic heterocycles. The van der Waals surface area contributed by atoms with Crippen LogP contribution in [0, 0.1) is 11.6 Å². The molecular formula is C21H19ClF2N4O2. The van der Waals surface area contributed by atoms with Gasteiger partial charge in [0.2, 0.25) is 5.91 Å². The quantitative estimate of drug-likeness (QED) is 0.673. The topological polar surface area (TPSA) is 68.9 Å². The second-order valence-electron chi connectivity index (χ2n) is 7.19. The summed E-state index contributed by atoms with van der Waals surface area (Å²) in [5.41, 5.74) is 0.534. The number of fused-ring (bicyclic) bond motifs is 1. The van der Waals surface area contributed by atoms with Crippen LogP contribution in [0.25, 0.3) is 0 Å². The van der Waals surface area contributed by atoms with Gasteiger partial charge in [-0.15, -0.1) is 0 Å². The minimum Gasteiger partial charge on any atom is -0.351 e. The molecule has 1 aliphatic rings. The molecule has 1 atom stereocenters. The molecule has 1 aliphatic heterocycles. The summed E-state index contributed by atoms with van der Waals surface area (Å²) in [6.07, 6.45) is 1.19. The minimum absolute atomic E-state index is 0.117. The highest BCUT2D eigenvalue weighted by molar-refractivity contribution is 6.31. The summed E-state index contributed by atoms with van der Waals surface area (Å²) in [4.78, 5) is 25.5. The Morgan fingerprint density at radius 1 is 1.20 bits per heavy atom. The molecule has 9 heteroatoms. The summed E-state index contributed by atoms with van der Waals surface area (Å²) in [7, 11) is 0. The van der Waals surface area contributed by atoms with Crippen molar-refractivity contribution < 1.29 is 13.6 Å². The smallest absolute Gasteiger partial charge is 0.346 e. The lowest BCUT2D eigenvalue weighted by Crippen LogP contribution is -2.35. The van der Waals surface area contributed by atoms with Gasteiger partial charge >= 0.3 is 5.69 Å². The maximum absolute atomic E-state index is 14.1. The Labute approximate surface area is 176 Å². The van der Waals surface area contributed by atoms with Crippen molar-refractivity contribution in [1.82, 2.24) is 19.7 Å². The van der Waals surface area contributed by atoms with Crippen LogP contribution in [0.1, 0.15) is 35.7 Å². The van der Waals surface area contributed by atoms with Gasteiger partial charge < -0.3 is 5.32 Å². The Balaban J connectivity index is 1.55. The van der Waals surface area contributed by atoms with Gasteiger partial charge in [-0.3, -0.25) is 9.36 Å². The van der Waals surface area contributed by atoms with Crippen LogP contribution < -0.4 is 11.0 Å². The van der Waals surface area contributed by atoms with Gasteiger partial charge in [-0.05, 0) is 42.7 Å². The van der Waals surface area contributed by atoms with E-state index in [2.05, 4.69) is 10.4 Å². The van der Waals surface area contributed by atoms with E-state index in [1.807, 2.05) is 0 Å². The van der Waals surface area contributed by atoms with E-state index in [0.29, 0.717) is 25.2 Å². The number of hydrogen-bond donors (Lipinski definition) is 1. The average molecular weight is 433 g/mol. The van der Waals surface area contributed by atoms with Crippen molar-refractivity contribution in [1.29, 1.82) is 0 Å². The Bertz CT molecular complexity index is 1120. The molecule has 0 spiro atoms. The minimum atomic E-state index is -0.593. The normalized spacial score (nSPS) is 15.6. The molecular weight excluding hydrogens is 414 g/mol. The Hall–Kier alpha value is -3.00. The monoisotopic (exact) mass is 432 g/mol. The van der Waals surface area contributed by atoms with Crippen molar-refractivity contribution in [3.05, 3.63) is 86.6 Å². The number of rotatable bonds is 5. The van der Waals surface area contributed by atoms with E-state index in [9.17, 15) is 18.4 Å². The zero-order valence-corrected chi connectivity index (χ0v) is 16.7. The molecule has 0 aliphatic carbocycles. The number of carbonyl (C=O) groups is 1. The Morgan fingerprint density at radius 3 is 2.70 bits per heavy atom. The largest absolute Gasteiger partial charge is 0.351 e. The van der Waals surface area contributed by atoms with E-state index >= 15 is 0 Å². The van der Waals surface area contributed by atoms with Crippen molar-refractivity contribution >= 4 is 17.5 Å². The van der Waals surface area contributed by atoms with Crippen LogP contribution in [-0.4, -0.2) is 20.3 Å². The first-order valence-electron chi connectivity index (χ1n) is 9.56. The molecule has 1 unspecified atom stereocenters. The molecule has 3 aromatic rings. The van der Waals surface area contributed by atoms with Crippen LogP contribution in [-0.2, 0) is 24.4 Å². The third-order valence-corrected chi connectivity index (χ3v) is 5.56. The summed E-state index contributed by atoms with van der Waals surface area (Å²) in [5, 5.41) is 7.36. The van der Waals surface area contributed by atoms with E-state index in [4.69, 9.17) is 11.6 Å². The zero-order valence-electron chi connectivity index (χ0n) is 15.9. The first kappa shape index (κ1) is 20.3. The molecule has 156 valence electrons. The maximum Gasteiger partial charge on any atom is 0.346 e. The summed E-state index contributed by atoms with van der Waals surface area (Å²) in [6, 6.07) is 10.2. The van der Waals surface area contributed by atoms with Crippen LogP contribution in [0.4, 0.5) is 8.78 Å².